The van der Waals surface area contributed by atoms with Crippen molar-refractivity contribution in [3.8, 4) is 0 Å². The Kier molecular flexibility index (Phi) is 14.3. The molecule has 0 rings (SSSR count). The van der Waals surface area contributed by atoms with Crippen LogP contribution in [0.25, 0.3) is 0 Å². The summed E-state index contributed by atoms with van der Waals surface area (Å²) in [5, 5.41) is 8.67. The van der Waals surface area contributed by atoms with Gasteiger partial charge in [-0.1, -0.05) is 0 Å². The molecule has 0 aromatic heterocycles. The van der Waals surface area contributed by atoms with Crippen LogP contribution in [0.1, 0.15) is 0 Å². The summed E-state index contributed by atoms with van der Waals surface area (Å²) in [6, 6.07) is 0. The average molecular weight is 220 g/mol. The van der Waals surface area contributed by atoms with Gasteiger partial charge in [0.25, 0.3) is 0 Å². The van der Waals surface area contributed by atoms with Gasteiger partial charge in [0, 0.05) is 0 Å². The zero-order valence-electron chi connectivity index (χ0n) is 3.12. The monoisotopic (exact) mass is 222 g/mol. The Balaban J connectivity index is 0. The molecular weight excluding hydrogens is 218 g/mol. The van der Waals surface area contributed by atoms with Crippen LogP contribution in [0.5, 0.6) is 0 Å². The Labute approximate surface area is 56.3 Å². The second-order valence-corrected chi connectivity index (χ2v) is 3.94. The molecule has 6 heteroatoms. The van der Waals surface area contributed by atoms with Crippen molar-refractivity contribution < 1.29 is 24.8 Å². The number of hydrogen-bond acceptors (Lipinski definition) is 4. The fourth-order valence-electron chi connectivity index (χ4n) is 0. The van der Waals surface area contributed by atoms with Crippen LogP contribution in [0.15, 0.2) is 0 Å². The van der Waals surface area contributed by atoms with E-state index in [2.05, 4.69) is 25.4 Å². The molecule has 7 heavy (non-hydrogen) atoms. The number of carbonyl (C=O) groups is 1. The Morgan fingerprint density at radius 1 is 1.71 bits per heavy atom. The molecule has 0 spiro atoms. The van der Waals surface area contributed by atoms with Crippen LogP contribution in [-0.4, -0.2) is 6.09 Å². The molecule has 3 nitrogen and oxygen atoms in total. The molecule has 0 unspecified atom stereocenters. The summed E-state index contributed by atoms with van der Waals surface area (Å²) in [5.74, 6) is 0. The van der Waals surface area contributed by atoms with E-state index in [1.54, 1.807) is 0 Å². The summed E-state index contributed by atoms with van der Waals surface area (Å²) in [4.78, 5) is 8.67. The van der Waals surface area contributed by atoms with Gasteiger partial charge in [-0.15, -0.1) is 0 Å². The summed E-state index contributed by atoms with van der Waals surface area (Å²) in [6.07, 6.45) is -1.58. The van der Waals surface area contributed by atoms with Crippen LogP contribution in [0.2, 0.25) is 0 Å². The minimum atomic E-state index is -1.58. The van der Waals surface area contributed by atoms with E-state index in [0.29, 0.717) is 0 Å². The molecule has 2 N–H and O–H groups in total. The second kappa shape index (κ2) is 9.64. The molecule has 41 valence electrons. The molecule has 0 saturated heterocycles. The number of amides is 1. The third-order valence-corrected chi connectivity index (χ3v) is 0. The first-order chi connectivity index (χ1) is 3.15. The summed E-state index contributed by atoms with van der Waals surface area (Å²) in [7, 11) is 8.68. The van der Waals surface area contributed by atoms with Crippen molar-refractivity contribution in [2.24, 2.45) is 5.73 Å². The topological polar surface area (TPSA) is 66.2 Å². The van der Waals surface area contributed by atoms with Gasteiger partial charge in [-0.05, 0) is 0 Å². The molecule has 0 aromatic rings. The normalized spacial score (nSPS) is 4.57. The first-order valence-corrected chi connectivity index (χ1v) is 6.61. The molecular formula is CH2MoNO2S2. The van der Waals surface area contributed by atoms with Gasteiger partial charge in [0.05, 0.1) is 0 Å². The second-order valence-electron chi connectivity index (χ2n) is 0.387. The van der Waals surface area contributed by atoms with Gasteiger partial charge in [-0.2, -0.15) is 0 Å². The molecule has 0 aliphatic heterocycles. The number of rotatable bonds is 0. The van der Waals surface area contributed by atoms with Gasteiger partial charge in [0.1, 0.15) is 6.09 Å². The van der Waals surface area contributed by atoms with Crippen molar-refractivity contribution in [2.75, 3.05) is 0 Å². The van der Waals surface area contributed by atoms with E-state index in [-0.39, 0.29) is 14.9 Å². The van der Waals surface area contributed by atoms with Gasteiger partial charge in [0.15, 0.2) is 0 Å². The Bertz CT molecular complexity index is 83.7. The van der Waals surface area contributed by atoms with Crippen LogP contribution in [0.3, 0.4) is 0 Å². The molecule has 0 radical (unpaired) electrons. The van der Waals surface area contributed by atoms with Crippen LogP contribution in [0.4, 0.5) is 4.79 Å². The van der Waals surface area contributed by atoms with Crippen molar-refractivity contribution in [1.82, 2.24) is 0 Å². The number of primary amides is 1. The average Bonchev–Trinajstić information content (AvgIpc) is 1.33. The quantitative estimate of drug-likeness (QED) is 0.563. The number of nitrogens with two attached hydrogens (primary N) is 1. The van der Waals surface area contributed by atoms with Crippen LogP contribution < -0.4 is 10.8 Å². The van der Waals surface area contributed by atoms with Crippen LogP contribution >= 0.6 is 19.6 Å². The maximum atomic E-state index is 8.67. The zero-order chi connectivity index (χ0) is 6.28. The third-order valence-electron chi connectivity index (χ3n) is 0. The van der Waals surface area contributed by atoms with E-state index < -0.39 is 6.09 Å². The zero-order valence-corrected chi connectivity index (χ0v) is 6.76. The molecule has 0 heterocycles. The number of carbonyl (C=O) groups excluding carboxylic acids is 1. The van der Waals surface area contributed by atoms with Gasteiger partial charge >= 0.3 is 34.6 Å². The standard InChI is InChI=1S/CH3NO2.Mo.2S/c2-1(3)4;;;/h2H2,(H,3,4);;;/q;+1;;/p-1. The summed E-state index contributed by atoms with van der Waals surface area (Å²) >= 11 is -0.363. The number of hydrogen-bond donors (Lipinski definition) is 1. The third kappa shape index (κ3) is 780. The Hall–Kier alpha value is 0.398. The fourth-order valence-corrected chi connectivity index (χ4v) is 0. The van der Waals surface area contributed by atoms with Crippen molar-refractivity contribution in [3.05, 3.63) is 0 Å². The molecule has 1 amide bonds. The van der Waals surface area contributed by atoms with Crippen LogP contribution in [-0.2, 0) is 14.9 Å². The van der Waals surface area contributed by atoms with E-state index in [9.17, 15) is 0 Å². The molecule has 0 atom stereocenters. The van der Waals surface area contributed by atoms with Crippen molar-refractivity contribution in [3.63, 3.8) is 0 Å². The summed E-state index contributed by atoms with van der Waals surface area (Å²) < 4.78 is 0. The number of carboxylic acid groups (broad SMARTS) is 1. The maximum absolute atomic E-state index is 8.67. The minimum absolute atomic E-state index is 0.363. The van der Waals surface area contributed by atoms with E-state index in [4.69, 9.17) is 9.90 Å². The van der Waals surface area contributed by atoms with Crippen LogP contribution in [0, 0.1) is 0 Å². The molecule has 0 aliphatic rings. The van der Waals surface area contributed by atoms with E-state index >= 15 is 0 Å². The summed E-state index contributed by atoms with van der Waals surface area (Å²) in [5.41, 5.74) is 3.92. The predicted molar refractivity (Wildman–Crippen MR) is 24.8 cm³/mol. The molecule has 0 saturated carbocycles. The first-order valence-electron chi connectivity index (χ1n) is 1.03. The van der Waals surface area contributed by atoms with Gasteiger partial charge in [-0.3, -0.25) is 0 Å². The van der Waals surface area contributed by atoms with Gasteiger partial charge < -0.3 is 15.6 Å². The SMILES string of the molecule is NC(=O)[O-].[S]=[Mo+]=[S]. The molecule has 0 bridgehead atoms. The first kappa shape index (κ1) is 10.4. The fraction of sp³-hybridized carbons (Fsp3) is 0. The van der Waals surface area contributed by atoms with E-state index in [1.807, 2.05) is 0 Å². The van der Waals surface area contributed by atoms with Crippen molar-refractivity contribution in [1.29, 1.82) is 0 Å². The van der Waals surface area contributed by atoms with Crippen molar-refractivity contribution in [2.45, 2.75) is 0 Å². The van der Waals surface area contributed by atoms with E-state index in [0.717, 1.165) is 0 Å². The van der Waals surface area contributed by atoms with Gasteiger partial charge in [0.2, 0.25) is 0 Å². The van der Waals surface area contributed by atoms with Gasteiger partial charge in [-0.25, -0.2) is 0 Å². The molecule has 0 aliphatic carbocycles. The Morgan fingerprint density at radius 2 is 1.71 bits per heavy atom. The Morgan fingerprint density at radius 3 is 1.71 bits per heavy atom. The molecule has 0 aromatic carbocycles. The molecule has 0 fully saturated rings. The predicted octanol–water partition coefficient (Wildman–Crippen LogP) is -0.418. The van der Waals surface area contributed by atoms with Crippen molar-refractivity contribution >= 4 is 25.7 Å². The van der Waals surface area contributed by atoms with E-state index in [1.165, 1.54) is 0 Å². The summed E-state index contributed by atoms with van der Waals surface area (Å²) in [6.45, 7) is 0.